The molecule has 0 bridgehead atoms. The number of allylic oxidation sites excluding steroid dienone is 1. The van der Waals surface area contributed by atoms with E-state index in [4.69, 9.17) is 0 Å². The number of carbonyl (C=O) groups is 1. The average Bonchev–Trinajstić information content (AvgIpc) is 2.59. The van der Waals surface area contributed by atoms with E-state index in [0.29, 0.717) is 6.54 Å². The maximum absolute atomic E-state index is 11.5. The van der Waals surface area contributed by atoms with Gasteiger partial charge in [-0.2, -0.15) is 0 Å². The van der Waals surface area contributed by atoms with Crippen molar-refractivity contribution in [2.24, 2.45) is 11.3 Å². The first-order valence-electron chi connectivity index (χ1n) is 4.84. The standard InChI is InChI=1S/C11H19NO/c1-8(2)5-6-12-10(13)9-7-11(9,3)4/h5,9H,6-7H2,1-4H3,(H,12,13)/t9-/m1/s1. The molecule has 1 atom stereocenters. The first-order chi connectivity index (χ1) is 5.93. The summed E-state index contributed by atoms with van der Waals surface area (Å²) in [5.74, 6) is 0.459. The zero-order valence-corrected chi connectivity index (χ0v) is 8.98. The largest absolute Gasteiger partial charge is 0.352 e. The Labute approximate surface area is 80.4 Å². The van der Waals surface area contributed by atoms with Gasteiger partial charge in [-0.1, -0.05) is 25.5 Å². The van der Waals surface area contributed by atoms with Crippen LogP contribution in [0.25, 0.3) is 0 Å². The van der Waals surface area contributed by atoms with Gasteiger partial charge in [0.05, 0.1) is 0 Å². The molecule has 1 amide bonds. The molecular formula is C11H19NO. The van der Waals surface area contributed by atoms with E-state index >= 15 is 0 Å². The highest BCUT2D eigenvalue weighted by atomic mass is 16.2. The van der Waals surface area contributed by atoms with Gasteiger partial charge in [-0.05, 0) is 25.7 Å². The van der Waals surface area contributed by atoms with Gasteiger partial charge in [-0.3, -0.25) is 4.79 Å². The molecular weight excluding hydrogens is 162 g/mol. The fourth-order valence-electron chi connectivity index (χ4n) is 1.39. The van der Waals surface area contributed by atoms with Crippen molar-refractivity contribution in [2.75, 3.05) is 6.54 Å². The van der Waals surface area contributed by atoms with E-state index in [9.17, 15) is 4.79 Å². The molecule has 0 aromatic rings. The predicted octanol–water partition coefficient (Wildman–Crippen LogP) is 2.11. The van der Waals surface area contributed by atoms with Crippen LogP contribution in [-0.2, 0) is 4.79 Å². The average molecular weight is 181 g/mol. The summed E-state index contributed by atoms with van der Waals surface area (Å²) >= 11 is 0. The predicted molar refractivity (Wildman–Crippen MR) is 54.3 cm³/mol. The molecule has 0 radical (unpaired) electrons. The van der Waals surface area contributed by atoms with Gasteiger partial charge in [-0.15, -0.1) is 0 Å². The molecule has 0 unspecified atom stereocenters. The lowest BCUT2D eigenvalue weighted by Crippen LogP contribution is -2.26. The van der Waals surface area contributed by atoms with Crippen molar-refractivity contribution in [3.8, 4) is 0 Å². The number of hydrogen-bond acceptors (Lipinski definition) is 1. The molecule has 2 heteroatoms. The quantitative estimate of drug-likeness (QED) is 0.664. The van der Waals surface area contributed by atoms with Crippen LogP contribution in [0, 0.1) is 11.3 Å². The van der Waals surface area contributed by atoms with Crippen LogP contribution in [0.2, 0.25) is 0 Å². The summed E-state index contributed by atoms with van der Waals surface area (Å²) in [5.41, 5.74) is 1.49. The molecule has 0 saturated heterocycles. The minimum absolute atomic E-state index is 0.211. The molecule has 0 aliphatic heterocycles. The molecule has 0 spiro atoms. The molecule has 13 heavy (non-hydrogen) atoms. The van der Waals surface area contributed by atoms with Crippen molar-refractivity contribution in [3.63, 3.8) is 0 Å². The van der Waals surface area contributed by atoms with Crippen molar-refractivity contribution in [1.29, 1.82) is 0 Å². The smallest absolute Gasteiger partial charge is 0.223 e. The topological polar surface area (TPSA) is 29.1 Å². The summed E-state index contributed by atoms with van der Waals surface area (Å²) in [5, 5.41) is 2.92. The number of hydrogen-bond donors (Lipinski definition) is 1. The van der Waals surface area contributed by atoms with E-state index in [1.165, 1.54) is 5.57 Å². The summed E-state index contributed by atoms with van der Waals surface area (Å²) in [6.45, 7) is 9.02. The van der Waals surface area contributed by atoms with E-state index in [-0.39, 0.29) is 17.2 Å². The van der Waals surface area contributed by atoms with E-state index in [0.717, 1.165) is 6.42 Å². The summed E-state index contributed by atoms with van der Waals surface area (Å²) in [7, 11) is 0. The van der Waals surface area contributed by atoms with Gasteiger partial charge in [0.15, 0.2) is 0 Å². The molecule has 74 valence electrons. The van der Waals surface area contributed by atoms with E-state index < -0.39 is 0 Å². The molecule has 1 fully saturated rings. The SMILES string of the molecule is CC(C)=CCNC(=O)[C@H]1CC1(C)C. The van der Waals surface area contributed by atoms with Crippen LogP contribution in [-0.4, -0.2) is 12.5 Å². The van der Waals surface area contributed by atoms with E-state index in [1.807, 2.05) is 19.9 Å². The fourth-order valence-corrected chi connectivity index (χ4v) is 1.39. The van der Waals surface area contributed by atoms with Crippen LogP contribution in [0.4, 0.5) is 0 Å². The first kappa shape index (κ1) is 10.3. The Bertz CT molecular complexity index is 236. The van der Waals surface area contributed by atoms with Crippen molar-refractivity contribution in [1.82, 2.24) is 5.32 Å². The number of amides is 1. The van der Waals surface area contributed by atoms with Gasteiger partial charge in [0.1, 0.15) is 0 Å². The number of rotatable bonds is 3. The lowest BCUT2D eigenvalue weighted by Gasteiger charge is -2.03. The maximum atomic E-state index is 11.5. The van der Waals surface area contributed by atoms with Crippen molar-refractivity contribution >= 4 is 5.91 Å². The summed E-state index contributed by atoms with van der Waals surface area (Å²) < 4.78 is 0. The van der Waals surface area contributed by atoms with E-state index in [2.05, 4.69) is 19.2 Å². The zero-order chi connectivity index (χ0) is 10.1. The number of carbonyl (C=O) groups excluding carboxylic acids is 1. The summed E-state index contributed by atoms with van der Waals surface area (Å²) in [6, 6.07) is 0. The molecule has 1 rings (SSSR count). The Morgan fingerprint density at radius 1 is 1.54 bits per heavy atom. The Kier molecular flexibility index (Phi) is 2.79. The highest BCUT2D eigenvalue weighted by Gasteiger charge is 2.50. The second-order valence-corrected chi connectivity index (χ2v) is 4.77. The van der Waals surface area contributed by atoms with E-state index in [1.54, 1.807) is 0 Å². The van der Waals surface area contributed by atoms with Gasteiger partial charge in [0.2, 0.25) is 5.91 Å². The number of nitrogens with one attached hydrogen (secondary N) is 1. The molecule has 0 heterocycles. The van der Waals surface area contributed by atoms with Crippen LogP contribution in [0.5, 0.6) is 0 Å². The zero-order valence-electron chi connectivity index (χ0n) is 8.98. The minimum Gasteiger partial charge on any atom is -0.352 e. The second kappa shape index (κ2) is 3.52. The molecule has 0 aromatic carbocycles. The van der Waals surface area contributed by atoms with Crippen LogP contribution in [0.1, 0.15) is 34.1 Å². The van der Waals surface area contributed by atoms with Crippen LogP contribution in [0.3, 0.4) is 0 Å². The van der Waals surface area contributed by atoms with Gasteiger partial charge >= 0.3 is 0 Å². The fraction of sp³-hybridized carbons (Fsp3) is 0.727. The molecule has 1 saturated carbocycles. The Morgan fingerprint density at radius 2 is 2.08 bits per heavy atom. The molecule has 2 nitrogen and oxygen atoms in total. The molecule has 0 aromatic heterocycles. The summed E-state index contributed by atoms with van der Waals surface area (Å²) in [6.07, 6.45) is 3.07. The lowest BCUT2D eigenvalue weighted by atomic mass is 10.1. The molecule has 1 aliphatic carbocycles. The monoisotopic (exact) mass is 181 g/mol. The van der Waals surface area contributed by atoms with Crippen LogP contribution in [0.15, 0.2) is 11.6 Å². The van der Waals surface area contributed by atoms with Crippen molar-refractivity contribution in [2.45, 2.75) is 34.1 Å². The third-order valence-electron chi connectivity index (χ3n) is 2.62. The lowest BCUT2D eigenvalue weighted by molar-refractivity contribution is -0.122. The van der Waals surface area contributed by atoms with Crippen molar-refractivity contribution in [3.05, 3.63) is 11.6 Å². The molecule has 1 aliphatic rings. The van der Waals surface area contributed by atoms with Crippen LogP contribution >= 0.6 is 0 Å². The van der Waals surface area contributed by atoms with Gasteiger partial charge < -0.3 is 5.32 Å². The maximum Gasteiger partial charge on any atom is 0.223 e. The normalized spacial score (nSPS) is 23.5. The van der Waals surface area contributed by atoms with Gasteiger partial charge in [-0.25, -0.2) is 0 Å². The molecule has 1 N–H and O–H groups in total. The minimum atomic E-state index is 0.211. The van der Waals surface area contributed by atoms with Gasteiger partial charge in [0.25, 0.3) is 0 Å². The Morgan fingerprint density at radius 3 is 2.46 bits per heavy atom. The van der Waals surface area contributed by atoms with Crippen LogP contribution < -0.4 is 5.32 Å². The van der Waals surface area contributed by atoms with Crippen molar-refractivity contribution < 1.29 is 4.79 Å². The highest BCUT2D eigenvalue weighted by molar-refractivity contribution is 5.82. The Hall–Kier alpha value is -0.790. The highest BCUT2D eigenvalue weighted by Crippen LogP contribution is 2.51. The summed E-state index contributed by atoms with van der Waals surface area (Å²) in [4.78, 5) is 11.5. The first-order valence-corrected chi connectivity index (χ1v) is 4.84. The third-order valence-corrected chi connectivity index (χ3v) is 2.62. The van der Waals surface area contributed by atoms with Gasteiger partial charge in [0, 0.05) is 12.5 Å². The third kappa shape index (κ3) is 2.87. The Balaban J connectivity index is 2.24. The second-order valence-electron chi connectivity index (χ2n) is 4.77.